The van der Waals surface area contributed by atoms with Gasteiger partial charge in [0.1, 0.15) is 0 Å². The molecule has 0 amide bonds. The van der Waals surface area contributed by atoms with E-state index in [-0.39, 0.29) is 6.04 Å². The monoisotopic (exact) mass is 299 g/mol. The molecule has 1 unspecified atom stereocenters. The molecule has 0 bridgehead atoms. The molecule has 0 saturated carbocycles. The average Bonchev–Trinajstić information content (AvgIpc) is 2.74. The van der Waals surface area contributed by atoms with Crippen molar-refractivity contribution in [3.05, 3.63) is 56.3 Å². The molecule has 1 nitrogen and oxygen atoms in total. The number of hydrogen-bond acceptors (Lipinski definition) is 2. The van der Waals surface area contributed by atoms with Crippen molar-refractivity contribution in [1.29, 1.82) is 0 Å². The van der Waals surface area contributed by atoms with Crippen molar-refractivity contribution in [2.45, 2.75) is 58.4 Å². The van der Waals surface area contributed by atoms with Gasteiger partial charge in [-0.3, -0.25) is 0 Å². The molecule has 0 saturated heterocycles. The quantitative estimate of drug-likeness (QED) is 0.803. The van der Waals surface area contributed by atoms with Crippen molar-refractivity contribution < 1.29 is 0 Å². The standard InChI is InChI=1S/C19H25NS/c1-13-8-9-15(10-14(13)2)11-17(20)19-12-16-6-4-3-5-7-18(16)21-19/h8-10,12,17H,3-7,11,20H2,1-2H3. The SMILES string of the molecule is Cc1ccc(CC(N)c2cc3c(s2)CCCCC3)cc1C. The normalized spacial score (nSPS) is 16.3. The topological polar surface area (TPSA) is 26.0 Å². The minimum Gasteiger partial charge on any atom is -0.323 e. The number of thiophene rings is 1. The van der Waals surface area contributed by atoms with Crippen LogP contribution in [0.1, 0.15) is 57.3 Å². The minimum atomic E-state index is 0.143. The van der Waals surface area contributed by atoms with Crippen LogP contribution in [0.25, 0.3) is 0 Å². The highest BCUT2D eigenvalue weighted by Gasteiger charge is 2.16. The van der Waals surface area contributed by atoms with Gasteiger partial charge >= 0.3 is 0 Å². The Bertz CT molecular complexity index is 603. The van der Waals surface area contributed by atoms with Crippen molar-refractivity contribution in [1.82, 2.24) is 0 Å². The van der Waals surface area contributed by atoms with E-state index < -0.39 is 0 Å². The van der Waals surface area contributed by atoms with Gasteiger partial charge < -0.3 is 5.73 Å². The van der Waals surface area contributed by atoms with Crippen LogP contribution in [-0.4, -0.2) is 0 Å². The van der Waals surface area contributed by atoms with Gasteiger partial charge in [-0.05, 0) is 74.3 Å². The Kier molecular flexibility index (Phi) is 4.46. The van der Waals surface area contributed by atoms with Crippen molar-refractivity contribution in [3.8, 4) is 0 Å². The van der Waals surface area contributed by atoms with Crippen LogP contribution in [0.15, 0.2) is 24.3 Å². The lowest BCUT2D eigenvalue weighted by atomic mass is 10.00. The van der Waals surface area contributed by atoms with E-state index in [1.165, 1.54) is 53.7 Å². The van der Waals surface area contributed by atoms with Crippen LogP contribution < -0.4 is 5.73 Å². The summed E-state index contributed by atoms with van der Waals surface area (Å²) in [6.07, 6.45) is 7.53. The number of aryl methyl sites for hydroxylation is 4. The fourth-order valence-electron chi connectivity index (χ4n) is 3.16. The molecule has 1 aliphatic rings. The smallest absolute Gasteiger partial charge is 0.0430 e. The fraction of sp³-hybridized carbons (Fsp3) is 0.474. The van der Waals surface area contributed by atoms with Gasteiger partial charge in [0.25, 0.3) is 0 Å². The molecule has 0 radical (unpaired) electrons. The predicted molar refractivity (Wildman–Crippen MR) is 92.1 cm³/mol. The molecule has 2 N–H and O–H groups in total. The molecular formula is C19H25NS. The van der Waals surface area contributed by atoms with Gasteiger partial charge in [-0.15, -0.1) is 11.3 Å². The number of fused-ring (bicyclic) bond motifs is 1. The first-order chi connectivity index (χ1) is 10.1. The van der Waals surface area contributed by atoms with E-state index in [0.717, 1.165) is 6.42 Å². The summed E-state index contributed by atoms with van der Waals surface area (Å²) in [5.74, 6) is 0. The summed E-state index contributed by atoms with van der Waals surface area (Å²) < 4.78 is 0. The van der Waals surface area contributed by atoms with E-state index in [4.69, 9.17) is 5.73 Å². The summed E-state index contributed by atoms with van der Waals surface area (Å²) in [5, 5.41) is 0. The van der Waals surface area contributed by atoms with Crippen LogP contribution in [0, 0.1) is 13.8 Å². The molecule has 1 aromatic heterocycles. The third-order valence-corrected chi connectivity index (χ3v) is 6.03. The Morgan fingerprint density at radius 3 is 2.67 bits per heavy atom. The number of nitrogens with two attached hydrogens (primary N) is 1. The second kappa shape index (κ2) is 6.33. The molecule has 2 heteroatoms. The van der Waals surface area contributed by atoms with Crippen LogP contribution in [0.5, 0.6) is 0 Å². The van der Waals surface area contributed by atoms with E-state index in [1.54, 1.807) is 10.4 Å². The zero-order valence-corrected chi connectivity index (χ0v) is 13.9. The Balaban J connectivity index is 1.75. The molecule has 1 aliphatic carbocycles. The summed E-state index contributed by atoms with van der Waals surface area (Å²) in [6.45, 7) is 4.34. The summed E-state index contributed by atoms with van der Waals surface area (Å²) >= 11 is 1.96. The molecule has 1 atom stereocenters. The zero-order valence-electron chi connectivity index (χ0n) is 13.1. The summed E-state index contributed by atoms with van der Waals surface area (Å²) in [6, 6.07) is 9.25. The van der Waals surface area contributed by atoms with Gasteiger partial charge in [-0.1, -0.05) is 24.6 Å². The van der Waals surface area contributed by atoms with E-state index in [0.29, 0.717) is 0 Å². The van der Waals surface area contributed by atoms with Crippen molar-refractivity contribution >= 4 is 11.3 Å². The maximum atomic E-state index is 6.48. The summed E-state index contributed by atoms with van der Waals surface area (Å²) in [7, 11) is 0. The van der Waals surface area contributed by atoms with Crippen molar-refractivity contribution in [3.63, 3.8) is 0 Å². The first-order valence-corrected chi connectivity index (χ1v) is 8.88. The van der Waals surface area contributed by atoms with Crippen LogP contribution in [0.4, 0.5) is 0 Å². The van der Waals surface area contributed by atoms with Crippen LogP contribution >= 0.6 is 11.3 Å². The maximum absolute atomic E-state index is 6.48. The highest BCUT2D eigenvalue weighted by molar-refractivity contribution is 7.12. The lowest BCUT2D eigenvalue weighted by Gasteiger charge is -2.11. The molecule has 112 valence electrons. The molecule has 0 spiro atoms. The summed E-state index contributed by atoms with van der Waals surface area (Å²) in [5.41, 5.74) is 12.1. The summed E-state index contributed by atoms with van der Waals surface area (Å²) in [4.78, 5) is 2.97. The molecule has 0 aliphatic heterocycles. The zero-order chi connectivity index (χ0) is 14.8. The van der Waals surface area contributed by atoms with E-state index in [2.05, 4.69) is 38.1 Å². The Hall–Kier alpha value is -1.12. The van der Waals surface area contributed by atoms with Crippen molar-refractivity contribution in [2.24, 2.45) is 5.73 Å². The molecular weight excluding hydrogens is 274 g/mol. The Morgan fingerprint density at radius 1 is 1.05 bits per heavy atom. The number of benzene rings is 1. The van der Waals surface area contributed by atoms with Gasteiger partial charge in [-0.2, -0.15) is 0 Å². The van der Waals surface area contributed by atoms with Crippen LogP contribution in [0.2, 0.25) is 0 Å². The Morgan fingerprint density at radius 2 is 1.86 bits per heavy atom. The molecule has 21 heavy (non-hydrogen) atoms. The van der Waals surface area contributed by atoms with E-state index in [9.17, 15) is 0 Å². The highest BCUT2D eigenvalue weighted by Crippen LogP contribution is 2.32. The van der Waals surface area contributed by atoms with Gasteiger partial charge in [0, 0.05) is 15.8 Å². The number of rotatable bonds is 3. The van der Waals surface area contributed by atoms with E-state index >= 15 is 0 Å². The molecule has 3 rings (SSSR count). The Labute approximate surface area is 132 Å². The van der Waals surface area contributed by atoms with Crippen LogP contribution in [-0.2, 0) is 19.3 Å². The third-order valence-electron chi connectivity index (χ3n) is 4.66. The molecule has 1 heterocycles. The van der Waals surface area contributed by atoms with Gasteiger partial charge in [-0.25, -0.2) is 0 Å². The second-order valence-corrected chi connectivity index (χ2v) is 7.56. The molecule has 0 fully saturated rings. The average molecular weight is 299 g/mol. The van der Waals surface area contributed by atoms with E-state index in [1.807, 2.05) is 11.3 Å². The second-order valence-electron chi connectivity index (χ2n) is 6.39. The first-order valence-electron chi connectivity index (χ1n) is 8.06. The molecule has 1 aromatic carbocycles. The third kappa shape index (κ3) is 3.38. The first kappa shape index (κ1) is 14.8. The maximum Gasteiger partial charge on any atom is 0.0430 e. The minimum absolute atomic E-state index is 0.143. The predicted octanol–water partition coefficient (Wildman–Crippen LogP) is 4.88. The highest BCUT2D eigenvalue weighted by atomic mass is 32.1. The number of hydrogen-bond donors (Lipinski definition) is 1. The van der Waals surface area contributed by atoms with Gasteiger partial charge in [0.2, 0.25) is 0 Å². The van der Waals surface area contributed by atoms with Gasteiger partial charge in [0.05, 0.1) is 0 Å². The lowest BCUT2D eigenvalue weighted by molar-refractivity contribution is 0.709. The fourth-order valence-corrected chi connectivity index (χ4v) is 4.42. The van der Waals surface area contributed by atoms with Crippen LogP contribution in [0.3, 0.4) is 0 Å². The molecule has 2 aromatic rings. The van der Waals surface area contributed by atoms with Crippen molar-refractivity contribution in [2.75, 3.05) is 0 Å². The van der Waals surface area contributed by atoms with Gasteiger partial charge in [0.15, 0.2) is 0 Å². The lowest BCUT2D eigenvalue weighted by Crippen LogP contribution is -2.12. The largest absolute Gasteiger partial charge is 0.323 e.